The van der Waals surface area contributed by atoms with E-state index in [0.717, 1.165) is 12.8 Å². The van der Waals surface area contributed by atoms with E-state index in [0.29, 0.717) is 43.1 Å². The second kappa shape index (κ2) is 11.4. The second-order valence-corrected chi connectivity index (χ2v) is 10.6. The van der Waals surface area contributed by atoms with E-state index in [1.54, 1.807) is 24.3 Å². The molecule has 0 radical (unpaired) electrons. The lowest BCUT2D eigenvalue weighted by molar-refractivity contribution is -0.118. The van der Waals surface area contributed by atoms with Gasteiger partial charge in [0.2, 0.25) is 5.91 Å². The number of ketones is 1. The lowest BCUT2D eigenvalue weighted by Crippen LogP contribution is -2.31. The number of hydrogen-bond acceptors (Lipinski definition) is 5. The van der Waals surface area contributed by atoms with Crippen molar-refractivity contribution >= 4 is 17.6 Å². The van der Waals surface area contributed by atoms with Crippen LogP contribution in [0.2, 0.25) is 0 Å². The highest BCUT2D eigenvalue weighted by atomic mass is 16.3. The van der Waals surface area contributed by atoms with Gasteiger partial charge in [0.05, 0.1) is 12.1 Å². The highest BCUT2D eigenvalue weighted by Crippen LogP contribution is 2.57. The molecule has 2 saturated carbocycles. The third-order valence-corrected chi connectivity index (χ3v) is 8.64. The van der Waals surface area contributed by atoms with Gasteiger partial charge in [-0.05, 0) is 67.3 Å². The predicted octanol–water partition coefficient (Wildman–Crippen LogP) is 3.30. The summed E-state index contributed by atoms with van der Waals surface area (Å²) in [7, 11) is 0. The van der Waals surface area contributed by atoms with Crippen LogP contribution in [0.5, 0.6) is 0 Å². The van der Waals surface area contributed by atoms with Gasteiger partial charge in [-0.15, -0.1) is 0 Å². The first kappa shape index (κ1) is 26.1. The molecule has 0 aromatic carbocycles. The van der Waals surface area contributed by atoms with Gasteiger partial charge < -0.3 is 20.8 Å². The van der Waals surface area contributed by atoms with Crippen molar-refractivity contribution in [2.45, 2.75) is 58.1 Å². The average Bonchev–Trinajstić information content (AvgIpc) is 3.45. The quantitative estimate of drug-likeness (QED) is 0.418. The zero-order valence-corrected chi connectivity index (χ0v) is 21.1. The molecule has 4 N–H and O–H groups in total. The summed E-state index contributed by atoms with van der Waals surface area (Å²) in [5.74, 6) is 0.815. The topological polar surface area (TPSA) is 116 Å². The molecule has 7 nitrogen and oxygen atoms in total. The lowest BCUT2D eigenvalue weighted by Gasteiger charge is -2.30. The molecule has 4 unspecified atom stereocenters. The maximum atomic E-state index is 12.6. The van der Waals surface area contributed by atoms with Gasteiger partial charge in [0, 0.05) is 12.6 Å². The van der Waals surface area contributed by atoms with Gasteiger partial charge in [-0.2, -0.15) is 0 Å². The fourth-order valence-corrected chi connectivity index (χ4v) is 6.93. The van der Waals surface area contributed by atoms with Crippen LogP contribution >= 0.6 is 0 Å². The highest BCUT2D eigenvalue weighted by Gasteiger charge is 2.52. The molecule has 3 fully saturated rings. The molecule has 4 aliphatic rings. The van der Waals surface area contributed by atoms with Crippen LogP contribution in [0.25, 0.3) is 0 Å². The highest BCUT2D eigenvalue weighted by molar-refractivity contribution is 6.27. The van der Waals surface area contributed by atoms with Crippen molar-refractivity contribution in [2.24, 2.45) is 35.5 Å². The average molecular weight is 495 g/mol. The number of aliphatic hydroxyl groups is 2. The number of carbonyl (C=O) groups excluding carboxylic acids is 3. The van der Waals surface area contributed by atoms with Crippen LogP contribution in [0.3, 0.4) is 0 Å². The predicted molar refractivity (Wildman–Crippen MR) is 138 cm³/mol. The van der Waals surface area contributed by atoms with E-state index in [1.807, 2.05) is 6.08 Å². The minimum atomic E-state index is -0.714. The first-order chi connectivity index (χ1) is 17.3. The number of nitrogens with one attached hydrogen (secondary N) is 2. The fourth-order valence-electron chi connectivity index (χ4n) is 6.93. The molecular formula is C29H38N2O5. The van der Waals surface area contributed by atoms with Crippen LogP contribution in [-0.2, 0) is 14.4 Å². The molecule has 2 aliphatic carbocycles. The van der Waals surface area contributed by atoms with E-state index < -0.39 is 23.8 Å². The Kier molecular flexibility index (Phi) is 8.29. The molecule has 194 valence electrons. The van der Waals surface area contributed by atoms with Gasteiger partial charge in [0.1, 0.15) is 11.3 Å². The van der Waals surface area contributed by atoms with Gasteiger partial charge >= 0.3 is 0 Å². The molecule has 8 atom stereocenters. The second-order valence-electron chi connectivity index (χ2n) is 10.6. The first-order valence-electron chi connectivity index (χ1n) is 13.3. The molecule has 36 heavy (non-hydrogen) atoms. The number of carbonyl (C=O) groups is 3. The molecule has 2 amide bonds. The molecule has 2 aliphatic heterocycles. The van der Waals surface area contributed by atoms with E-state index in [4.69, 9.17) is 0 Å². The molecule has 7 heteroatoms. The molecular weight excluding hydrogens is 456 g/mol. The molecule has 1 saturated heterocycles. The largest absolute Gasteiger partial charge is 0.507 e. The summed E-state index contributed by atoms with van der Waals surface area (Å²) in [6.07, 6.45) is 17.1. The Balaban J connectivity index is 1.60. The Bertz CT molecular complexity index is 1020. The molecule has 2 heterocycles. The van der Waals surface area contributed by atoms with Crippen molar-refractivity contribution in [1.29, 1.82) is 0 Å². The zero-order chi connectivity index (χ0) is 25.8. The fraction of sp³-hybridized carbons (Fsp3) is 0.552. The number of hydrogen-bond donors (Lipinski definition) is 4. The summed E-state index contributed by atoms with van der Waals surface area (Å²) in [6.45, 7) is 4.92. The van der Waals surface area contributed by atoms with E-state index in [2.05, 4.69) is 30.6 Å². The minimum absolute atomic E-state index is 0.0603. The minimum Gasteiger partial charge on any atom is -0.507 e. The van der Waals surface area contributed by atoms with Crippen LogP contribution in [0.4, 0.5) is 0 Å². The van der Waals surface area contributed by atoms with Crippen molar-refractivity contribution < 1.29 is 24.6 Å². The number of aliphatic hydroxyl groups excluding tert-OH is 2. The summed E-state index contributed by atoms with van der Waals surface area (Å²) in [5.41, 5.74) is -0.249. The molecule has 4 rings (SSSR count). The smallest absolute Gasteiger partial charge is 0.259 e. The Labute approximate surface area is 213 Å². The third kappa shape index (κ3) is 5.41. The van der Waals surface area contributed by atoms with E-state index in [1.165, 1.54) is 18.6 Å². The van der Waals surface area contributed by atoms with E-state index >= 15 is 0 Å². The van der Waals surface area contributed by atoms with Crippen LogP contribution in [-0.4, -0.2) is 46.5 Å². The van der Waals surface area contributed by atoms with E-state index in [-0.39, 0.29) is 29.1 Å². The van der Waals surface area contributed by atoms with Crippen LogP contribution < -0.4 is 10.6 Å². The standard InChI is InChI=1S/C29H38N2O5/c1-3-18-15-20-16-19-9-4-7-13-24(34)30-14-8-10-21-28(35)27(29(36)31-21)23(33)12-6-5-11-22(32)26(19)25(20)17(18)2/h4-7,9,11-13,17-22,25-26,32-33H,3,8,10,14-16H2,1-2H3,(H,30,34)(H,31,36)/b9-4+,11-5-,12-6-,13-7+,27-23?/t17-,18?,19-,20?,21?,22-,25?,26+/m0/s1. The zero-order valence-electron chi connectivity index (χ0n) is 21.1. The summed E-state index contributed by atoms with van der Waals surface area (Å²) < 4.78 is 0. The third-order valence-electron chi connectivity index (χ3n) is 8.64. The van der Waals surface area contributed by atoms with Crippen molar-refractivity contribution in [3.05, 3.63) is 59.9 Å². The van der Waals surface area contributed by atoms with Gasteiger partial charge in [0.15, 0.2) is 5.78 Å². The first-order valence-corrected chi connectivity index (χ1v) is 13.3. The number of amides is 2. The van der Waals surface area contributed by atoms with Crippen molar-refractivity contribution in [2.75, 3.05) is 6.54 Å². The Hall–Kier alpha value is -2.93. The molecule has 0 spiro atoms. The van der Waals surface area contributed by atoms with E-state index in [9.17, 15) is 24.6 Å². The van der Waals surface area contributed by atoms with Gasteiger partial charge in [0.25, 0.3) is 5.91 Å². The van der Waals surface area contributed by atoms with Gasteiger partial charge in [-0.25, -0.2) is 0 Å². The summed E-state index contributed by atoms with van der Waals surface area (Å²) in [4.78, 5) is 37.1. The maximum absolute atomic E-state index is 12.6. The summed E-state index contributed by atoms with van der Waals surface area (Å²) in [5, 5.41) is 27.0. The Morgan fingerprint density at radius 2 is 1.75 bits per heavy atom. The Morgan fingerprint density at radius 1 is 1.00 bits per heavy atom. The monoisotopic (exact) mass is 494 g/mol. The van der Waals surface area contributed by atoms with Gasteiger partial charge in [-0.3, -0.25) is 14.4 Å². The number of Topliss-reactive ketones (excluding diaryl/α,β-unsaturated/α-hetero) is 1. The molecule has 2 bridgehead atoms. The Morgan fingerprint density at radius 3 is 2.53 bits per heavy atom. The van der Waals surface area contributed by atoms with Crippen molar-refractivity contribution in [3.63, 3.8) is 0 Å². The van der Waals surface area contributed by atoms with Crippen LogP contribution in [0, 0.1) is 35.5 Å². The van der Waals surface area contributed by atoms with Crippen molar-refractivity contribution in [1.82, 2.24) is 10.6 Å². The summed E-state index contributed by atoms with van der Waals surface area (Å²) >= 11 is 0. The SMILES string of the molecule is CCC1CC2C[C@@H]3/C=C/C=C/C(=O)NCCCC4NC(=O)C(=C(O)/C=C\C=C/[C@H](O)[C@@H]3C2[C@H]1C)C4=O. The van der Waals surface area contributed by atoms with Gasteiger partial charge in [-0.1, -0.05) is 56.7 Å². The van der Waals surface area contributed by atoms with Crippen molar-refractivity contribution in [3.8, 4) is 0 Å². The van der Waals surface area contributed by atoms with Crippen LogP contribution in [0.1, 0.15) is 46.0 Å². The maximum Gasteiger partial charge on any atom is 0.259 e. The number of allylic oxidation sites excluding steroid dienone is 6. The lowest BCUT2D eigenvalue weighted by atomic mass is 9.76. The normalized spacial score (nSPS) is 41.1. The molecule has 0 aromatic heterocycles. The summed E-state index contributed by atoms with van der Waals surface area (Å²) in [6, 6.07) is -0.714. The number of fused-ring (bicyclic) bond motifs is 5. The van der Waals surface area contributed by atoms with Crippen LogP contribution in [0.15, 0.2) is 59.9 Å². The molecule has 0 aromatic rings. The number of rotatable bonds is 1.